The van der Waals surface area contributed by atoms with E-state index in [0.29, 0.717) is 6.04 Å². The maximum Gasteiger partial charge on any atom is 0.144 e. The molecule has 4 heteroatoms. The van der Waals surface area contributed by atoms with E-state index in [1.165, 1.54) is 18.4 Å². The highest BCUT2D eigenvalue weighted by Gasteiger charge is 2.48. The van der Waals surface area contributed by atoms with Crippen molar-refractivity contribution in [2.45, 2.75) is 37.9 Å². The first-order valence-electron chi connectivity index (χ1n) is 5.78. The molecule has 1 fully saturated rings. The third kappa shape index (κ3) is 1.74. The van der Waals surface area contributed by atoms with Crippen LogP contribution in [0.1, 0.15) is 30.9 Å². The fraction of sp³-hybridized carbons (Fsp3) is 0.462. The van der Waals surface area contributed by atoms with Gasteiger partial charge in [0.15, 0.2) is 0 Å². The number of carbonyl (C=O) groups is 1. The number of carbonyl (C=O) groups excluding carboxylic acids is 1. The van der Waals surface area contributed by atoms with Crippen molar-refractivity contribution in [1.82, 2.24) is 4.90 Å². The van der Waals surface area contributed by atoms with Crippen molar-refractivity contribution >= 4 is 40.5 Å². The Morgan fingerprint density at radius 1 is 1.53 bits per heavy atom. The molecule has 1 heterocycles. The van der Waals surface area contributed by atoms with E-state index in [0.717, 1.165) is 27.0 Å². The smallest absolute Gasteiger partial charge is 0.144 e. The van der Waals surface area contributed by atoms with Crippen LogP contribution in [0.4, 0.5) is 0 Å². The molecule has 2 aliphatic rings. The third-order valence-corrected chi connectivity index (χ3v) is 4.87. The van der Waals surface area contributed by atoms with Gasteiger partial charge in [0.2, 0.25) is 0 Å². The van der Waals surface area contributed by atoms with Crippen molar-refractivity contribution in [1.29, 1.82) is 0 Å². The number of fused-ring (bicyclic) bond motifs is 1. The van der Waals surface area contributed by atoms with Crippen LogP contribution in [-0.2, 0) is 16.9 Å². The first-order valence-corrected chi connectivity index (χ1v) is 7.23. The number of aldehydes is 1. The molecule has 0 N–H and O–H groups in total. The van der Waals surface area contributed by atoms with Crippen molar-refractivity contribution in [3.05, 3.63) is 31.9 Å². The van der Waals surface area contributed by atoms with Crippen molar-refractivity contribution in [3.8, 4) is 0 Å². The summed E-state index contributed by atoms with van der Waals surface area (Å²) < 4.78 is 1.10. The van der Waals surface area contributed by atoms with Crippen LogP contribution in [0.15, 0.2) is 12.1 Å². The molecule has 0 spiro atoms. The molecule has 0 radical (unpaired) electrons. The molecule has 1 aliphatic heterocycles. The van der Waals surface area contributed by atoms with Crippen LogP contribution in [-0.4, -0.2) is 17.2 Å². The van der Waals surface area contributed by atoms with E-state index in [4.69, 9.17) is 11.6 Å². The highest BCUT2D eigenvalue weighted by Crippen LogP contribution is 2.46. The maximum atomic E-state index is 11.6. The minimum Gasteiger partial charge on any atom is -0.301 e. The molecule has 2 nitrogen and oxygen atoms in total. The highest BCUT2D eigenvalue weighted by molar-refractivity contribution is 14.1. The molecule has 0 amide bonds. The lowest BCUT2D eigenvalue weighted by Gasteiger charge is -2.31. The molecular weight excluding hydrogens is 349 g/mol. The number of halogens is 2. The van der Waals surface area contributed by atoms with E-state index in [2.05, 4.69) is 27.5 Å². The van der Waals surface area contributed by atoms with Gasteiger partial charge in [0.25, 0.3) is 0 Å². The van der Waals surface area contributed by atoms with Crippen LogP contribution < -0.4 is 0 Å². The second kappa shape index (κ2) is 3.93. The summed E-state index contributed by atoms with van der Waals surface area (Å²) in [7, 11) is 0. The minimum atomic E-state index is -0.461. The molecule has 1 atom stereocenters. The zero-order valence-electron chi connectivity index (χ0n) is 9.54. The predicted molar refractivity (Wildman–Crippen MR) is 76.2 cm³/mol. The lowest BCUT2D eigenvalue weighted by molar-refractivity contribution is -0.118. The first kappa shape index (κ1) is 11.9. The highest BCUT2D eigenvalue weighted by atomic mass is 127. The van der Waals surface area contributed by atoms with Crippen molar-refractivity contribution in [2.24, 2.45) is 0 Å². The van der Waals surface area contributed by atoms with Crippen molar-refractivity contribution in [3.63, 3.8) is 0 Å². The summed E-state index contributed by atoms with van der Waals surface area (Å²) >= 11 is 8.38. The Bertz CT molecular complexity index is 500. The van der Waals surface area contributed by atoms with E-state index in [1.54, 1.807) is 0 Å². The first-order chi connectivity index (χ1) is 8.06. The SMILES string of the molecule is CC1(C=O)c2c(I)cc(Cl)cc2CN1C1CC1. The summed E-state index contributed by atoms with van der Waals surface area (Å²) in [5.41, 5.74) is 1.91. The molecule has 1 saturated carbocycles. The van der Waals surface area contributed by atoms with Crippen LogP contribution in [0.25, 0.3) is 0 Å². The monoisotopic (exact) mass is 361 g/mol. The molecular formula is C13H13ClINO. The summed E-state index contributed by atoms with van der Waals surface area (Å²) in [5, 5.41) is 0.763. The van der Waals surface area contributed by atoms with E-state index < -0.39 is 5.54 Å². The fourth-order valence-electron chi connectivity index (χ4n) is 2.83. The molecule has 1 aromatic rings. The summed E-state index contributed by atoms with van der Waals surface area (Å²) in [6.07, 6.45) is 3.51. The lowest BCUT2D eigenvalue weighted by Crippen LogP contribution is -2.41. The Labute approximate surface area is 119 Å². The van der Waals surface area contributed by atoms with Crippen LogP contribution in [0.3, 0.4) is 0 Å². The van der Waals surface area contributed by atoms with E-state index in [1.807, 2.05) is 19.1 Å². The molecule has 1 unspecified atom stereocenters. The van der Waals surface area contributed by atoms with Crippen molar-refractivity contribution in [2.75, 3.05) is 0 Å². The molecule has 1 aliphatic carbocycles. The van der Waals surface area contributed by atoms with Crippen LogP contribution in [0.2, 0.25) is 5.02 Å². The average Bonchev–Trinajstić information content (AvgIpc) is 3.04. The van der Waals surface area contributed by atoms with Gasteiger partial charge < -0.3 is 4.79 Å². The summed E-state index contributed by atoms with van der Waals surface area (Å²) in [5.74, 6) is 0. The van der Waals surface area contributed by atoms with Gasteiger partial charge >= 0.3 is 0 Å². The van der Waals surface area contributed by atoms with Crippen LogP contribution in [0, 0.1) is 3.57 Å². The number of hydrogen-bond acceptors (Lipinski definition) is 2. The van der Waals surface area contributed by atoms with Gasteiger partial charge in [0.1, 0.15) is 11.8 Å². The Morgan fingerprint density at radius 2 is 2.24 bits per heavy atom. The zero-order chi connectivity index (χ0) is 12.2. The molecule has 0 bridgehead atoms. The van der Waals surface area contributed by atoms with Gasteiger partial charge in [-0.15, -0.1) is 0 Å². The van der Waals surface area contributed by atoms with Crippen LogP contribution in [0.5, 0.6) is 0 Å². The molecule has 17 heavy (non-hydrogen) atoms. The van der Waals surface area contributed by atoms with Gasteiger partial charge in [0, 0.05) is 21.2 Å². The summed E-state index contributed by atoms with van der Waals surface area (Å²) in [4.78, 5) is 13.9. The Kier molecular flexibility index (Phi) is 2.76. The second-order valence-corrected chi connectivity index (χ2v) is 6.64. The molecule has 0 saturated heterocycles. The normalized spacial score (nSPS) is 28.2. The Balaban J connectivity index is 2.16. The zero-order valence-corrected chi connectivity index (χ0v) is 12.5. The predicted octanol–water partition coefficient (Wildman–Crippen LogP) is 3.34. The van der Waals surface area contributed by atoms with Crippen LogP contribution >= 0.6 is 34.2 Å². The standard InChI is InChI=1S/C13H13ClINO/c1-13(7-17)12-8(4-9(14)5-11(12)15)6-16(13)10-2-3-10/h4-5,7,10H,2-3,6H2,1H3. The third-order valence-electron chi connectivity index (χ3n) is 3.80. The summed E-state index contributed by atoms with van der Waals surface area (Å²) in [6, 6.07) is 4.52. The van der Waals surface area contributed by atoms with Gasteiger partial charge in [-0.05, 0) is 65.6 Å². The van der Waals surface area contributed by atoms with Crippen molar-refractivity contribution < 1.29 is 4.79 Å². The number of hydrogen-bond donors (Lipinski definition) is 0. The Hall–Kier alpha value is -0.130. The molecule has 3 rings (SSSR count). The number of nitrogens with zero attached hydrogens (tertiary/aromatic N) is 1. The van der Waals surface area contributed by atoms with E-state index in [-0.39, 0.29) is 0 Å². The van der Waals surface area contributed by atoms with Gasteiger partial charge in [-0.3, -0.25) is 4.90 Å². The maximum absolute atomic E-state index is 11.6. The molecule has 1 aromatic carbocycles. The average molecular weight is 362 g/mol. The topological polar surface area (TPSA) is 20.3 Å². The van der Waals surface area contributed by atoms with Gasteiger partial charge in [-0.2, -0.15) is 0 Å². The Morgan fingerprint density at radius 3 is 2.82 bits per heavy atom. The number of benzene rings is 1. The fourth-order valence-corrected chi connectivity index (χ4v) is 4.48. The van der Waals surface area contributed by atoms with Gasteiger partial charge in [0.05, 0.1) is 0 Å². The van der Waals surface area contributed by atoms with Gasteiger partial charge in [-0.1, -0.05) is 11.6 Å². The van der Waals surface area contributed by atoms with E-state index in [9.17, 15) is 4.79 Å². The lowest BCUT2D eigenvalue weighted by atomic mass is 9.93. The molecule has 0 aromatic heterocycles. The summed E-state index contributed by atoms with van der Waals surface area (Å²) in [6.45, 7) is 2.88. The quantitative estimate of drug-likeness (QED) is 0.595. The number of rotatable bonds is 2. The van der Waals surface area contributed by atoms with E-state index >= 15 is 0 Å². The molecule has 90 valence electrons. The largest absolute Gasteiger partial charge is 0.301 e. The minimum absolute atomic E-state index is 0.461. The second-order valence-electron chi connectivity index (χ2n) is 5.05. The van der Waals surface area contributed by atoms with Gasteiger partial charge in [-0.25, -0.2) is 0 Å².